The van der Waals surface area contributed by atoms with Crippen LogP contribution in [0.4, 0.5) is 5.69 Å². The van der Waals surface area contributed by atoms with Gasteiger partial charge in [0.05, 0.1) is 35.3 Å². The number of nitrogens with zero attached hydrogens (tertiary/aromatic N) is 3. The lowest BCUT2D eigenvalue weighted by atomic mass is 10.2. The number of aliphatic hydroxyl groups is 1. The molecule has 1 aliphatic rings. The molecule has 0 atom stereocenters. The van der Waals surface area contributed by atoms with Crippen molar-refractivity contribution in [3.63, 3.8) is 0 Å². The van der Waals surface area contributed by atoms with Crippen molar-refractivity contribution in [3.05, 3.63) is 65.7 Å². The summed E-state index contributed by atoms with van der Waals surface area (Å²) in [7, 11) is 1.87. The van der Waals surface area contributed by atoms with E-state index in [0.29, 0.717) is 29.3 Å². The molecule has 7 nitrogen and oxygen atoms in total. The molecule has 0 unspecified atom stereocenters. The van der Waals surface area contributed by atoms with Gasteiger partial charge in [0.2, 0.25) is 0 Å². The number of benzene rings is 2. The number of nitrogens with one attached hydrogen (secondary N) is 1. The molecule has 0 fully saturated rings. The molecule has 0 saturated heterocycles. The van der Waals surface area contributed by atoms with Crippen molar-refractivity contribution >= 4 is 34.1 Å². The predicted molar refractivity (Wildman–Crippen MR) is 117 cm³/mol. The van der Waals surface area contributed by atoms with Crippen molar-refractivity contribution in [2.75, 3.05) is 18.1 Å². The van der Waals surface area contributed by atoms with Crippen LogP contribution < -0.4 is 4.90 Å². The third-order valence-corrected chi connectivity index (χ3v) is 5.24. The van der Waals surface area contributed by atoms with Gasteiger partial charge >= 0.3 is 5.97 Å². The zero-order chi connectivity index (χ0) is 21.3. The number of imidazole rings is 1. The molecule has 3 aromatic rings. The minimum absolute atomic E-state index is 0.0781. The van der Waals surface area contributed by atoms with Gasteiger partial charge in [-0.1, -0.05) is 31.5 Å². The molecule has 1 aromatic heterocycles. The zero-order valence-corrected chi connectivity index (χ0v) is 17.1. The van der Waals surface area contributed by atoms with Gasteiger partial charge in [-0.05, 0) is 36.8 Å². The monoisotopic (exact) mass is 404 g/mol. The number of hydrogen-bond donors (Lipinski definition) is 2. The van der Waals surface area contributed by atoms with Crippen molar-refractivity contribution in [2.45, 2.75) is 19.8 Å². The molecule has 0 bridgehead atoms. The molecule has 0 spiro atoms. The topological polar surface area (TPSA) is 91.4 Å². The fourth-order valence-electron chi connectivity index (χ4n) is 3.60. The molecule has 1 aliphatic heterocycles. The Balaban J connectivity index is 1.61. The Kier molecular flexibility index (Phi) is 5.27. The second-order valence-electron chi connectivity index (χ2n) is 7.28. The summed E-state index contributed by atoms with van der Waals surface area (Å²) in [5, 5.41) is 19.4. The molecule has 2 heterocycles. The lowest BCUT2D eigenvalue weighted by Crippen LogP contribution is -2.26. The number of para-hydroxylation sites is 2. The van der Waals surface area contributed by atoms with Gasteiger partial charge < -0.3 is 19.3 Å². The number of ether oxygens (including phenoxy) is 1. The van der Waals surface area contributed by atoms with Crippen LogP contribution in [0.15, 0.2) is 54.3 Å². The third-order valence-electron chi connectivity index (χ3n) is 5.24. The van der Waals surface area contributed by atoms with Crippen LogP contribution in [-0.2, 0) is 11.8 Å². The highest BCUT2D eigenvalue weighted by molar-refractivity contribution is 6.30. The zero-order valence-electron chi connectivity index (χ0n) is 17.1. The Morgan fingerprint density at radius 1 is 1.23 bits per heavy atom. The summed E-state index contributed by atoms with van der Waals surface area (Å²) in [4.78, 5) is 18.6. The highest BCUT2D eigenvalue weighted by atomic mass is 16.5. The number of carbonyl (C=O) groups is 1. The van der Waals surface area contributed by atoms with Crippen LogP contribution in [-0.4, -0.2) is 39.6 Å². The maximum absolute atomic E-state index is 12.3. The summed E-state index contributed by atoms with van der Waals surface area (Å²) in [6, 6.07) is 14.6. The molecule has 4 rings (SSSR count). The van der Waals surface area contributed by atoms with Crippen LogP contribution in [0.3, 0.4) is 0 Å². The van der Waals surface area contributed by atoms with Crippen molar-refractivity contribution in [2.24, 2.45) is 7.05 Å². The standard InChI is InChI=1S/C23H24N4O3/c1-3-4-12-30-23(29)15-8-7-9-16(13-15)27-14-19(28)20(21(27)24)22-25-17-10-5-6-11-18(17)26(22)2/h5-11,13,24,28H,3-4,12,14H2,1-2H3. The summed E-state index contributed by atoms with van der Waals surface area (Å²) in [6.45, 7) is 2.57. The van der Waals surface area contributed by atoms with Crippen LogP contribution in [0.5, 0.6) is 0 Å². The van der Waals surface area contributed by atoms with Crippen LogP contribution in [0.2, 0.25) is 0 Å². The van der Waals surface area contributed by atoms with E-state index in [4.69, 9.17) is 10.1 Å². The number of amidine groups is 1. The number of aromatic nitrogens is 2. The molecule has 0 saturated carbocycles. The van der Waals surface area contributed by atoms with Gasteiger partial charge in [0, 0.05) is 12.7 Å². The van der Waals surface area contributed by atoms with E-state index in [1.54, 1.807) is 23.1 Å². The summed E-state index contributed by atoms with van der Waals surface area (Å²) in [6.07, 6.45) is 1.77. The molecule has 0 aliphatic carbocycles. The van der Waals surface area contributed by atoms with Crippen LogP contribution in [0.1, 0.15) is 35.9 Å². The average molecular weight is 404 g/mol. The third kappa shape index (κ3) is 3.43. The van der Waals surface area contributed by atoms with Gasteiger partial charge in [0.15, 0.2) is 0 Å². The molecular weight excluding hydrogens is 380 g/mol. The first-order valence-electron chi connectivity index (χ1n) is 9.98. The summed E-state index contributed by atoms with van der Waals surface area (Å²) in [5.74, 6) is 0.372. The first-order chi connectivity index (χ1) is 14.5. The van der Waals surface area contributed by atoms with Crippen molar-refractivity contribution in [3.8, 4) is 0 Å². The van der Waals surface area contributed by atoms with Crippen molar-refractivity contribution in [1.29, 1.82) is 5.41 Å². The van der Waals surface area contributed by atoms with E-state index in [-0.39, 0.29) is 24.1 Å². The van der Waals surface area contributed by atoms with Gasteiger partial charge in [0.1, 0.15) is 17.4 Å². The smallest absolute Gasteiger partial charge is 0.338 e. The maximum Gasteiger partial charge on any atom is 0.338 e. The maximum atomic E-state index is 12.3. The Bertz CT molecular complexity index is 1160. The fraction of sp³-hybridized carbons (Fsp3) is 0.261. The molecule has 154 valence electrons. The van der Waals surface area contributed by atoms with E-state index < -0.39 is 0 Å². The summed E-state index contributed by atoms with van der Waals surface area (Å²) >= 11 is 0. The minimum atomic E-state index is -0.385. The number of aryl methyl sites for hydroxylation is 1. The lowest BCUT2D eigenvalue weighted by molar-refractivity contribution is 0.0500. The summed E-state index contributed by atoms with van der Waals surface area (Å²) in [5.41, 5.74) is 3.19. The van der Waals surface area contributed by atoms with E-state index in [0.717, 1.165) is 23.9 Å². The molecule has 7 heteroatoms. The van der Waals surface area contributed by atoms with Crippen molar-refractivity contribution < 1.29 is 14.6 Å². The number of carbonyl (C=O) groups excluding carboxylic acids is 1. The number of anilines is 1. The van der Waals surface area contributed by atoms with E-state index in [1.165, 1.54) is 0 Å². The first kappa shape index (κ1) is 19.7. The normalized spacial score (nSPS) is 14.1. The van der Waals surface area contributed by atoms with Gasteiger partial charge in [-0.2, -0.15) is 0 Å². The molecular formula is C23H24N4O3. The highest BCUT2D eigenvalue weighted by Gasteiger charge is 2.32. The quantitative estimate of drug-likeness (QED) is 0.472. The van der Waals surface area contributed by atoms with E-state index in [1.807, 2.05) is 48.9 Å². The van der Waals surface area contributed by atoms with E-state index in [9.17, 15) is 9.90 Å². The van der Waals surface area contributed by atoms with Crippen molar-refractivity contribution in [1.82, 2.24) is 9.55 Å². The predicted octanol–water partition coefficient (Wildman–Crippen LogP) is 4.30. The average Bonchev–Trinajstić information content (AvgIpc) is 3.24. The van der Waals surface area contributed by atoms with E-state index in [2.05, 4.69) is 4.98 Å². The number of unbranched alkanes of at least 4 members (excludes halogenated alkanes) is 1. The van der Waals surface area contributed by atoms with E-state index >= 15 is 0 Å². The Labute approximate surface area is 174 Å². The van der Waals surface area contributed by atoms with Crippen LogP contribution in [0.25, 0.3) is 16.6 Å². The fourth-order valence-corrected chi connectivity index (χ4v) is 3.60. The SMILES string of the molecule is CCCCOC(=O)c1cccc(N2CC(O)=C(c3nc4ccccc4n3C)C2=N)c1. The highest BCUT2D eigenvalue weighted by Crippen LogP contribution is 2.32. The van der Waals surface area contributed by atoms with Gasteiger partial charge in [-0.15, -0.1) is 0 Å². The Morgan fingerprint density at radius 2 is 2.03 bits per heavy atom. The second-order valence-corrected chi connectivity index (χ2v) is 7.28. The number of esters is 1. The number of fused-ring (bicyclic) bond motifs is 1. The molecule has 2 N–H and O–H groups in total. The summed E-state index contributed by atoms with van der Waals surface area (Å²) < 4.78 is 7.17. The molecule has 0 radical (unpaired) electrons. The number of rotatable bonds is 6. The molecule has 30 heavy (non-hydrogen) atoms. The largest absolute Gasteiger partial charge is 0.509 e. The molecule has 2 aromatic carbocycles. The Morgan fingerprint density at radius 3 is 2.80 bits per heavy atom. The Hall–Kier alpha value is -3.61. The van der Waals surface area contributed by atoms with Crippen LogP contribution >= 0.6 is 0 Å². The van der Waals surface area contributed by atoms with Gasteiger partial charge in [0.25, 0.3) is 0 Å². The van der Waals surface area contributed by atoms with Crippen LogP contribution in [0, 0.1) is 5.41 Å². The first-order valence-corrected chi connectivity index (χ1v) is 9.98. The van der Waals surface area contributed by atoms with Gasteiger partial charge in [-0.3, -0.25) is 5.41 Å². The molecule has 0 amide bonds. The number of hydrogen-bond acceptors (Lipinski definition) is 5. The lowest BCUT2D eigenvalue weighted by Gasteiger charge is -2.19. The van der Waals surface area contributed by atoms with Gasteiger partial charge in [-0.25, -0.2) is 9.78 Å². The second kappa shape index (κ2) is 8.02. The number of aliphatic hydroxyl groups excluding tert-OH is 1. The minimum Gasteiger partial charge on any atom is -0.509 e.